The number of aromatic nitrogens is 4. The molecule has 7 heteroatoms. The monoisotopic (exact) mass is 321 g/mol. The van der Waals surface area contributed by atoms with E-state index in [4.69, 9.17) is 4.74 Å². The number of carbonyl (C=O) groups is 1. The van der Waals surface area contributed by atoms with Gasteiger partial charge in [-0.3, -0.25) is 14.9 Å². The van der Waals surface area contributed by atoms with Gasteiger partial charge in [0.25, 0.3) is 0 Å². The first kappa shape index (κ1) is 14.4. The van der Waals surface area contributed by atoms with Crippen LogP contribution in [0.2, 0.25) is 0 Å². The van der Waals surface area contributed by atoms with Gasteiger partial charge >= 0.3 is 0 Å². The van der Waals surface area contributed by atoms with Gasteiger partial charge in [0.2, 0.25) is 5.91 Å². The molecule has 0 spiro atoms. The van der Waals surface area contributed by atoms with Gasteiger partial charge in [0.1, 0.15) is 17.8 Å². The molecule has 3 aromatic rings. The Bertz CT molecular complexity index is 859. The van der Waals surface area contributed by atoms with Gasteiger partial charge in [0, 0.05) is 6.42 Å². The van der Waals surface area contributed by atoms with Crippen molar-refractivity contribution in [3.05, 3.63) is 54.0 Å². The molecule has 1 aliphatic heterocycles. The number of hydrogen-bond acceptors (Lipinski definition) is 5. The van der Waals surface area contributed by atoms with Gasteiger partial charge in [-0.1, -0.05) is 12.1 Å². The van der Waals surface area contributed by atoms with Crippen molar-refractivity contribution in [1.29, 1.82) is 0 Å². The second kappa shape index (κ2) is 6.11. The van der Waals surface area contributed by atoms with Crippen molar-refractivity contribution in [3.63, 3.8) is 0 Å². The Morgan fingerprint density at radius 1 is 1.25 bits per heavy atom. The molecule has 1 amide bonds. The predicted octanol–water partition coefficient (Wildman–Crippen LogP) is 1.98. The summed E-state index contributed by atoms with van der Waals surface area (Å²) in [5.74, 6) is 1.43. The number of rotatable bonds is 4. The quantitative estimate of drug-likeness (QED) is 0.766. The topological polar surface area (TPSA) is 92.8 Å². The molecule has 0 saturated heterocycles. The molecular formula is C17H15N5O2. The van der Waals surface area contributed by atoms with Crippen molar-refractivity contribution in [2.45, 2.75) is 12.8 Å². The van der Waals surface area contributed by atoms with E-state index in [1.165, 1.54) is 11.9 Å². The van der Waals surface area contributed by atoms with E-state index in [2.05, 4.69) is 25.5 Å². The highest BCUT2D eigenvalue weighted by molar-refractivity contribution is 5.92. The summed E-state index contributed by atoms with van der Waals surface area (Å²) in [5.41, 5.74) is 3.46. The molecule has 3 heterocycles. The first-order chi connectivity index (χ1) is 11.8. The van der Waals surface area contributed by atoms with Crippen LogP contribution < -0.4 is 10.1 Å². The maximum absolute atomic E-state index is 12.2. The molecule has 0 aliphatic carbocycles. The third-order valence-corrected chi connectivity index (χ3v) is 3.82. The second-order valence-corrected chi connectivity index (χ2v) is 5.53. The molecule has 24 heavy (non-hydrogen) atoms. The molecule has 1 aromatic carbocycles. The van der Waals surface area contributed by atoms with Crippen LogP contribution in [-0.2, 0) is 17.6 Å². The lowest BCUT2D eigenvalue weighted by Gasteiger charge is -2.07. The van der Waals surface area contributed by atoms with Crippen molar-refractivity contribution >= 4 is 11.6 Å². The van der Waals surface area contributed by atoms with E-state index in [9.17, 15) is 4.79 Å². The fourth-order valence-corrected chi connectivity index (χ4v) is 2.68. The number of aromatic amines is 1. The number of fused-ring (bicyclic) bond motifs is 1. The zero-order chi connectivity index (χ0) is 16.4. The van der Waals surface area contributed by atoms with Gasteiger partial charge in [-0.2, -0.15) is 5.10 Å². The molecule has 2 aromatic heterocycles. The van der Waals surface area contributed by atoms with Crippen LogP contribution in [0, 0.1) is 0 Å². The minimum Gasteiger partial charge on any atom is -0.493 e. The number of hydrogen-bond donors (Lipinski definition) is 2. The Labute approximate surface area is 138 Å². The number of pyridine rings is 1. The molecule has 4 rings (SSSR count). The number of carbonyl (C=O) groups excluding carboxylic acids is 1. The summed E-state index contributed by atoms with van der Waals surface area (Å²) in [6, 6.07) is 9.46. The Morgan fingerprint density at radius 2 is 2.21 bits per heavy atom. The number of benzene rings is 1. The van der Waals surface area contributed by atoms with Gasteiger partial charge in [-0.05, 0) is 29.3 Å². The van der Waals surface area contributed by atoms with Crippen LogP contribution in [0.1, 0.15) is 11.1 Å². The van der Waals surface area contributed by atoms with Gasteiger partial charge in [0.15, 0.2) is 5.82 Å². The van der Waals surface area contributed by atoms with Crippen LogP contribution in [0.4, 0.5) is 5.69 Å². The smallest absolute Gasteiger partial charge is 0.228 e. The third kappa shape index (κ3) is 2.96. The predicted molar refractivity (Wildman–Crippen MR) is 87.6 cm³/mol. The molecule has 0 fully saturated rings. The lowest BCUT2D eigenvalue weighted by Crippen LogP contribution is -2.14. The number of amides is 1. The zero-order valence-corrected chi connectivity index (χ0v) is 12.8. The van der Waals surface area contributed by atoms with Crippen LogP contribution in [0.15, 0.2) is 42.9 Å². The van der Waals surface area contributed by atoms with Crippen molar-refractivity contribution in [2.24, 2.45) is 0 Å². The summed E-state index contributed by atoms with van der Waals surface area (Å²) < 4.78 is 5.47. The minimum absolute atomic E-state index is 0.0805. The molecule has 120 valence electrons. The van der Waals surface area contributed by atoms with Crippen LogP contribution >= 0.6 is 0 Å². The first-order valence-electron chi connectivity index (χ1n) is 7.64. The molecule has 0 bridgehead atoms. The average Bonchev–Trinajstić information content (AvgIpc) is 3.26. The molecule has 0 radical (unpaired) electrons. The van der Waals surface area contributed by atoms with E-state index in [1.54, 1.807) is 18.3 Å². The number of nitrogens with one attached hydrogen (secondary N) is 2. The highest BCUT2D eigenvalue weighted by Gasteiger charge is 2.13. The molecule has 0 saturated carbocycles. The maximum atomic E-state index is 12.2. The Morgan fingerprint density at radius 3 is 3.00 bits per heavy atom. The molecule has 2 N–H and O–H groups in total. The van der Waals surface area contributed by atoms with E-state index in [-0.39, 0.29) is 5.91 Å². The van der Waals surface area contributed by atoms with Crippen LogP contribution in [-0.4, -0.2) is 32.7 Å². The number of nitrogens with zero attached hydrogens (tertiary/aromatic N) is 3. The number of H-pyrrole nitrogens is 1. The summed E-state index contributed by atoms with van der Waals surface area (Å²) in [7, 11) is 0. The Hall–Kier alpha value is -3.22. The summed E-state index contributed by atoms with van der Waals surface area (Å²) in [6.45, 7) is 0.716. The summed E-state index contributed by atoms with van der Waals surface area (Å²) in [5, 5.41) is 9.38. The first-order valence-corrected chi connectivity index (χ1v) is 7.64. The Kier molecular flexibility index (Phi) is 3.66. The van der Waals surface area contributed by atoms with E-state index in [1.807, 2.05) is 18.2 Å². The van der Waals surface area contributed by atoms with Gasteiger partial charge in [-0.25, -0.2) is 4.98 Å². The van der Waals surface area contributed by atoms with E-state index in [0.29, 0.717) is 30.2 Å². The number of anilines is 1. The molecule has 1 aliphatic rings. The van der Waals surface area contributed by atoms with E-state index >= 15 is 0 Å². The van der Waals surface area contributed by atoms with Crippen molar-refractivity contribution in [2.75, 3.05) is 11.9 Å². The fourth-order valence-electron chi connectivity index (χ4n) is 2.68. The lowest BCUT2D eigenvalue weighted by molar-refractivity contribution is -0.115. The van der Waals surface area contributed by atoms with Crippen LogP contribution in [0.25, 0.3) is 11.5 Å². The van der Waals surface area contributed by atoms with Gasteiger partial charge in [0.05, 0.1) is 24.9 Å². The molecule has 7 nitrogen and oxygen atoms in total. The second-order valence-electron chi connectivity index (χ2n) is 5.53. The molecule has 0 unspecified atom stereocenters. The highest BCUT2D eigenvalue weighted by Crippen LogP contribution is 2.26. The maximum Gasteiger partial charge on any atom is 0.228 e. The molecule has 0 atom stereocenters. The van der Waals surface area contributed by atoms with Crippen molar-refractivity contribution in [3.8, 4) is 17.3 Å². The third-order valence-electron chi connectivity index (χ3n) is 3.82. The highest BCUT2D eigenvalue weighted by atomic mass is 16.5. The lowest BCUT2D eigenvalue weighted by atomic mass is 10.1. The van der Waals surface area contributed by atoms with Crippen LogP contribution in [0.3, 0.4) is 0 Å². The number of ether oxygens (including phenoxy) is 1. The van der Waals surface area contributed by atoms with E-state index in [0.717, 1.165) is 17.7 Å². The van der Waals surface area contributed by atoms with E-state index < -0.39 is 0 Å². The fraction of sp³-hybridized carbons (Fsp3) is 0.176. The SMILES string of the molecule is O=C(Cc1ccc2c(c1)CCO2)Nc1ccc(-c2ncn[nH]2)nc1. The average molecular weight is 321 g/mol. The molecular weight excluding hydrogens is 306 g/mol. The zero-order valence-electron chi connectivity index (χ0n) is 12.8. The van der Waals surface area contributed by atoms with Gasteiger partial charge in [-0.15, -0.1) is 0 Å². The minimum atomic E-state index is -0.0805. The van der Waals surface area contributed by atoms with Crippen molar-refractivity contribution in [1.82, 2.24) is 20.2 Å². The standard InChI is InChI=1S/C17H15N5O2/c23-16(8-11-1-4-15-12(7-11)5-6-24-15)21-13-2-3-14(18-9-13)17-19-10-20-22-17/h1-4,7,9-10H,5-6,8H2,(H,21,23)(H,19,20,22). The van der Waals surface area contributed by atoms with Gasteiger partial charge < -0.3 is 10.1 Å². The Balaban J connectivity index is 1.41. The largest absolute Gasteiger partial charge is 0.493 e. The summed E-state index contributed by atoms with van der Waals surface area (Å²) in [4.78, 5) is 20.5. The normalized spacial score (nSPS) is 12.5. The van der Waals surface area contributed by atoms with Crippen LogP contribution in [0.5, 0.6) is 5.75 Å². The van der Waals surface area contributed by atoms with Crippen molar-refractivity contribution < 1.29 is 9.53 Å². The summed E-state index contributed by atoms with van der Waals surface area (Å²) >= 11 is 0. The summed E-state index contributed by atoms with van der Waals surface area (Å²) in [6.07, 6.45) is 4.25.